The Kier molecular flexibility index (Phi) is 13.5. The molecular formula is C36H41F9N4O4S. The van der Waals surface area contributed by atoms with E-state index in [2.05, 4.69) is 9.97 Å². The molecule has 0 bridgehead atoms. The van der Waals surface area contributed by atoms with Crippen LogP contribution in [-0.2, 0) is 39.7 Å². The first-order valence-electron chi connectivity index (χ1n) is 17.2. The van der Waals surface area contributed by atoms with Gasteiger partial charge in [0.15, 0.2) is 15.6 Å². The quantitative estimate of drug-likeness (QED) is 0.111. The SMILES string of the molecule is CCN(CC1CCC(CC=O)CC1)c1ccc(C(F)(F)F)cc1CN(c1ncc(OCCS(C)(=O)=O)cn1)C(C)c1cc(C(F)(F)F)cc(C(F)(F)F)c1. The van der Waals surface area contributed by atoms with E-state index in [0.717, 1.165) is 62.8 Å². The normalized spacial score (nSPS) is 17.6. The lowest BCUT2D eigenvalue weighted by Gasteiger charge is -2.36. The highest BCUT2D eigenvalue weighted by Crippen LogP contribution is 2.41. The van der Waals surface area contributed by atoms with Crippen LogP contribution in [0, 0.1) is 11.8 Å². The Morgan fingerprint density at radius 2 is 1.41 bits per heavy atom. The zero-order chi connectivity index (χ0) is 40.1. The molecule has 1 heterocycles. The van der Waals surface area contributed by atoms with Crippen LogP contribution < -0.4 is 14.5 Å². The monoisotopic (exact) mass is 796 g/mol. The molecule has 0 N–H and O–H groups in total. The van der Waals surface area contributed by atoms with Gasteiger partial charge in [-0.1, -0.05) is 0 Å². The molecule has 18 heteroatoms. The number of alkyl halides is 9. The van der Waals surface area contributed by atoms with Gasteiger partial charge in [-0.05, 0) is 98.9 Å². The molecule has 8 nitrogen and oxygen atoms in total. The molecule has 4 rings (SSSR count). The number of nitrogens with zero attached hydrogens (tertiary/aromatic N) is 4. The number of hydrogen-bond donors (Lipinski definition) is 0. The summed E-state index contributed by atoms with van der Waals surface area (Å²) in [6.07, 6.45) is -7.34. The highest BCUT2D eigenvalue weighted by molar-refractivity contribution is 7.90. The number of carbonyl (C=O) groups is 1. The van der Waals surface area contributed by atoms with Crippen molar-refractivity contribution in [3.63, 3.8) is 0 Å². The predicted molar refractivity (Wildman–Crippen MR) is 184 cm³/mol. The lowest BCUT2D eigenvalue weighted by Crippen LogP contribution is -2.34. The van der Waals surface area contributed by atoms with Gasteiger partial charge in [0, 0.05) is 38.0 Å². The van der Waals surface area contributed by atoms with E-state index in [1.54, 1.807) is 0 Å². The molecule has 1 aromatic heterocycles. The second-order valence-electron chi connectivity index (χ2n) is 13.5. The summed E-state index contributed by atoms with van der Waals surface area (Å²) in [5, 5.41) is 0. The first-order chi connectivity index (χ1) is 25.1. The maximum Gasteiger partial charge on any atom is 0.416 e. The van der Waals surface area contributed by atoms with Gasteiger partial charge >= 0.3 is 18.5 Å². The minimum Gasteiger partial charge on any atom is -0.489 e. The molecule has 1 fully saturated rings. The lowest BCUT2D eigenvalue weighted by molar-refractivity contribution is -0.143. The van der Waals surface area contributed by atoms with E-state index in [0.29, 0.717) is 37.3 Å². The highest BCUT2D eigenvalue weighted by Gasteiger charge is 2.38. The molecule has 0 spiro atoms. The average molecular weight is 797 g/mol. The fourth-order valence-corrected chi connectivity index (χ4v) is 6.89. The van der Waals surface area contributed by atoms with Crippen LogP contribution in [-0.4, -0.2) is 56.4 Å². The number of sulfone groups is 1. The molecule has 54 heavy (non-hydrogen) atoms. The zero-order valence-corrected chi connectivity index (χ0v) is 30.5. The number of hydrogen-bond acceptors (Lipinski definition) is 8. The number of rotatable bonds is 15. The van der Waals surface area contributed by atoms with Gasteiger partial charge < -0.3 is 19.3 Å². The molecule has 1 aliphatic carbocycles. The predicted octanol–water partition coefficient (Wildman–Crippen LogP) is 8.95. The molecule has 1 aliphatic rings. The summed E-state index contributed by atoms with van der Waals surface area (Å²) >= 11 is 0. The smallest absolute Gasteiger partial charge is 0.416 e. The van der Waals surface area contributed by atoms with Crippen LogP contribution >= 0.6 is 0 Å². The second kappa shape index (κ2) is 17.1. The molecule has 2 aromatic carbocycles. The van der Waals surface area contributed by atoms with Crippen LogP contribution in [0.3, 0.4) is 0 Å². The maximum absolute atomic E-state index is 14.1. The van der Waals surface area contributed by atoms with Crippen LogP contribution in [0.4, 0.5) is 51.1 Å². The van der Waals surface area contributed by atoms with Crippen LogP contribution in [0.5, 0.6) is 5.75 Å². The number of aldehydes is 1. The minimum atomic E-state index is -5.16. The van der Waals surface area contributed by atoms with Gasteiger partial charge in [0.2, 0.25) is 5.95 Å². The molecule has 1 saturated carbocycles. The number of ether oxygens (including phenoxy) is 1. The number of halogens is 9. The van der Waals surface area contributed by atoms with Crippen LogP contribution in [0.2, 0.25) is 0 Å². The molecule has 1 atom stereocenters. The van der Waals surface area contributed by atoms with Crippen molar-refractivity contribution in [2.45, 2.75) is 77.1 Å². The second-order valence-corrected chi connectivity index (χ2v) is 15.8. The number of carbonyl (C=O) groups excluding carboxylic acids is 1. The molecule has 0 radical (unpaired) electrons. The van der Waals surface area contributed by atoms with Gasteiger partial charge in [0.25, 0.3) is 0 Å². The van der Waals surface area contributed by atoms with Crippen molar-refractivity contribution in [2.24, 2.45) is 11.8 Å². The number of aromatic nitrogens is 2. The van der Waals surface area contributed by atoms with Gasteiger partial charge in [0.05, 0.1) is 40.9 Å². The zero-order valence-electron chi connectivity index (χ0n) is 29.7. The van der Waals surface area contributed by atoms with Crippen molar-refractivity contribution in [1.29, 1.82) is 0 Å². The fourth-order valence-electron chi connectivity index (χ4n) is 6.50. The summed E-state index contributed by atoms with van der Waals surface area (Å²) in [5.74, 6) is -0.197. The third-order valence-corrected chi connectivity index (χ3v) is 10.4. The van der Waals surface area contributed by atoms with Crippen molar-refractivity contribution in [3.05, 3.63) is 76.6 Å². The van der Waals surface area contributed by atoms with Crippen molar-refractivity contribution in [3.8, 4) is 5.75 Å². The first-order valence-corrected chi connectivity index (χ1v) is 19.2. The Hall–Kier alpha value is -4.09. The third-order valence-electron chi connectivity index (χ3n) is 9.50. The van der Waals surface area contributed by atoms with E-state index in [4.69, 9.17) is 4.74 Å². The van der Waals surface area contributed by atoms with Gasteiger partial charge in [-0.2, -0.15) is 39.5 Å². The van der Waals surface area contributed by atoms with E-state index < -0.39 is 63.2 Å². The van der Waals surface area contributed by atoms with Crippen molar-refractivity contribution < 1.29 is 57.5 Å². The van der Waals surface area contributed by atoms with E-state index in [9.17, 15) is 52.7 Å². The number of benzene rings is 2. The van der Waals surface area contributed by atoms with Gasteiger partial charge in [-0.3, -0.25) is 0 Å². The summed E-state index contributed by atoms with van der Waals surface area (Å²) in [6.45, 7) is 3.17. The van der Waals surface area contributed by atoms with Gasteiger partial charge in [-0.25, -0.2) is 18.4 Å². The summed E-state index contributed by atoms with van der Waals surface area (Å²) in [6, 6.07) is 2.82. The van der Waals surface area contributed by atoms with Crippen molar-refractivity contribution in [2.75, 3.05) is 41.5 Å². The molecule has 0 amide bonds. The molecule has 1 unspecified atom stereocenters. The van der Waals surface area contributed by atoms with Crippen molar-refractivity contribution >= 4 is 27.8 Å². The maximum atomic E-state index is 14.1. The summed E-state index contributed by atoms with van der Waals surface area (Å²) in [7, 11) is -3.39. The minimum absolute atomic E-state index is 0.00629. The third kappa shape index (κ3) is 11.7. The Balaban J connectivity index is 1.81. The summed E-state index contributed by atoms with van der Waals surface area (Å²) in [4.78, 5) is 22.5. The van der Waals surface area contributed by atoms with E-state index in [-0.39, 0.29) is 47.5 Å². The van der Waals surface area contributed by atoms with Gasteiger partial charge in [0.1, 0.15) is 12.9 Å². The van der Waals surface area contributed by atoms with Crippen molar-refractivity contribution in [1.82, 2.24) is 9.97 Å². The largest absolute Gasteiger partial charge is 0.489 e. The lowest BCUT2D eigenvalue weighted by atomic mass is 9.80. The van der Waals surface area contributed by atoms with E-state index in [1.807, 2.05) is 11.8 Å². The fraction of sp³-hybridized carbons (Fsp3) is 0.528. The molecule has 0 saturated heterocycles. The number of anilines is 2. The molecule has 3 aromatic rings. The summed E-state index contributed by atoms with van der Waals surface area (Å²) in [5.41, 5.74) is -4.19. The Bertz CT molecular complexity index is 1800. The molecule has 0 aliphatic heterocycles. The van der Waals surface area contributed by atoms with Gasteiger partial charge in [-0.15, -0.1) is 0 Å². The molecule has 298 valence electrons. The Morgan fingerprint density at radius 1 is 0.852 bits per heavy atom. The Morgan fingerprint density at radius 3 is 1.91 bits per heavy atom. The van der Waals surface area contributed by atoms with Crippen LogP contribution in [0.25, 0.3) is 0 Å². The van der Waals surface area contributed by atoms with Crippen LogP contribution in [0.15, 0.2) is 48.8 Å². The first kappa shape index (κ1) is 42.6. The average Bonchev–Trinajstić information content (AvgIpc) is 3.08. The van der Waals surface area contributed by atoms with E-state index in [1.165, 1.54) is 17.9 Å². The standard InChI is InChI=1S/C36H41F9N4O4S/c1-4-48(21-25-7-5-24(6-8-25)11-12-50)32-10-9-28(34(37,38)39)17-27(32)22-49(33-46-19-31(20-47-33)53-13-14-54(3,51)52)23(2)26-15-29(35(40,41)42)18-30(16-26)36(43,44)45/h9-10,12,15-20,23-25H,4-8,11,13-14,21-22H2,1-3H3. The topological polar surface area (TPSA) is 92.7 Å². The van der Waals surface area contributed by atoms with E-state index >= 15 is 0 Å². The van der Waals surface area contributed by atoms with Crippen LogP contribution in [0.1, 0.15) is 79.8 Å². The molecular weight excluding hydrogens is 755 g/mol. The Labute approximate surface area is 307 Å². The summed E-state index contributed by atoms with van der Waals surface area (Å²) < 4.78 is 154. The highest BCUT2D eigenvalue weighted by atomic mass is 32.2.